The van der Waals surface area contributed by atoms with Crippen LogP contribution in [0.15, 0.2) is 53.0 Å². The molecule has 2 aromatic rings. The van der Waals surface area contributed by atoms with Gasteiger partial charge in [-0.1, -0.05) is 12.1 Å². The number of nitrogens with zero attached hydrogens (tertiary/aromatic N) is 2. The van der Waals surface area contributed by atoms with Crippen LogP contribution in [-0.4, -0.2) is 35.3 Å². The third-order valence-corrected chi connectivity index (χ3v) is 5.96. The van der Waals surface area contributed by atoms with E-state index in [0.717, 1.165) is 6.54 Å². The van der Waals surface area contributed by atoms with Crippen molar-refractivity contribution < 1.29 is 0 Å². The van der Waals surface area contributed by atoms with Gasteiger partial charge in [0.25, 0.3) is 0 Å². The molecule has 1 aliphatic heterocycles. The van der Waals surface area contributed by atoms with Gasteiger partial charge in [-0.3, -0.25) is 9.88 Å². The van der Waals surface area contributed by atoms with Gasteiger partial charge in [-0.05, 0) is 60.7 Å². The molecule has 0 fully saturated rings. The standard InChI is InChI=1S/C18H22N2S2/c1(2-14-21-17-5-9-19-10-6-17)11-20-12-7-16(8-13-20)18-4-3-15-22-18/h3-7,9-10,15H,1-2,8,11-14H2. The Morgan fingerprint density at radius 3 is 2.82 bits per heavy atom. The number of rotatable bonds is 7. The summed E-state index contributed by atoms with van der Waals surface area (Å²) in [5.41, 5.74) is 1.54. The van der Waals surface area contributed by atoms with Crippen LogP contribution in [0.5, 0.6) is 0 Å². The number of unbranched alkanes of at least 4 members (excludes halogenated alkanes) is 1. The van der Waals surface area contributed by atoms with Gasteiger partial charge in [-0.25, -0.2) is 0 Å². The lowest BCUT2D eigenvalue weighted by Crippen LogP contribution is -2.29. The highest BCUT2D eigenvalue weighted by atomic mass is 32.2. The Labute approximate surface area is 141 Å². The maximum Gasteiger partial charge on any atom is 0.0300 e. The Bertz CT molecular complexity index is 578. The average molecular weight is 331 g/mol. The number of hydrogen-bond acceptors (Lipinski definition) is 4. The zero-order valence-electron chi connectivity index (χ0n) is 12.8. The summed E-state index contributed by atoms with van der Waals surface area (Å²) in [7, 11) is 0. The molecule has 0 spiro atoms. The van der Waals surface area contributed by atoms with Gasteiger partial charge in [-0.2, -0.15) is 0 Å². The topological polar surface area (TPSA) is 16.1 Å². The SMILES string of the molecule is C1=C(c2cccs2)CCN(CCCCSc2ccncc2)C1. The summed E-state index contributed by atoms with van der Waals surface area (Å²) in [5.74, 6) is 1.20. The van der Waals surface area contributed by atoms with Gasteiger partial charge in [0.15, 0.2) is 0 Å². The molecule has 0 aromatic carbocycles. The van der Waals surface area contributed by atoms with E-state index >= 15 is 0 Å². The fourth-order valence-corrected chi connectivity index (χ4v) is 4.36. The smallest absolute Gasteiger partial charge is 0.0300 e. The van der Waals surface area contributed by atoms with E-state index in [1.54, 1.807) is 5.57 Å². The molecule has 0 saturated heterocycles. The normalized spacial score (nSPS) is 15.7. The second-order valence-electron chi connectivity index (χ2n) is 5.50. The molecule has 3 rings (SSSR count). The Kier molecular flexibility index (Phi) is 6.11. The fourth-order valence-electron chi connectivity index (χ4n) is 2.66. The van der Waals surface area contributed by atoms with E-state index in [0.29, 0.717) is 0 Å². The monoisotopic (exact) mass is 330 g/mol. The lowest BCUT2D eigenvalue weighted by molar-refractivity contribution is 0.297. The summed E-state index contributed by atoms with van der Waals surface area (Å²) in [6.07, 6.45) is 9.93. The number of aromatic nitrogens is 1. The Morgan fingerprint density at radius 1 is 1.18 bits per heavy atom. The maximum absolute atomic E-state index is 4.05. The number of thiophene rings is 1. The molecular weight excluding hydrogens is 308 g/mol. The van der Waals surface area contributed by atoms with Crippen molar-refractivity contribution in [1.82, 2.24) is 9.88 Å². The number of hydrogen-bond donors (Lipinski definition) is 0. The van der Waals surface area contributed by atoms with Crippen molar-refractivity contribution in [2.45, 2.75) is 24.2 Å². The van der Waals surface area contributed by atoms with Crippen LogP contribution in [0.1, 0.15) is 24.1 Å². The second kappa shape index (κ2) is 8.51. The summed E-state index contributed by atoms with van der Waals surface area (Å²) < 4.78 is 0. The van der Waals surface area contributed by atoms with Crippen LogP contribution in [0.4, 0.5) is 0 Å². The quantitative estimate of drug-likeness (QED) is 0.535. The van der Waals surface area contributed by atoms with Crippen LogP contribution in [0.25, 0.3) is 5.57 Å². The zero-order valence-corrected chi connectivity index (χ0v) is 14.4. The molecule has 0 unspecified atom stereocenters. The average Bonchev–Trinajstić information content (AvgIpc) is 3.11. The van der Waals surface area contributed by atoms with Gasteiger partial charge >= 0.3 is 0 Å². The van der Waals surface area contributed by atoms with Gasteiger partial charge in [0.05, 0.1) is 0 Å². The predicted octanol–water partition coefficient (Wildman–Crippen LogP) is 4.80. The Hall–Kier alpha value is -1.10. The van der Waals surface area contributed by atoms with Crippen LogP contribution in [0.3, 0.4) is 0 Å². The van der Waals surface area contributed by atoms with Crippen molar-refractivity contribution in [2.75, 3.05) is 25.4 Å². The molecule has 0 saturated carbocycles. The van der Waals surface area contributed by atoms with Crippen molar-refractivity contribution in [1.29, 1.82) is 0 Å². The van der Waals surface area contributed by atoms with E-state index in [2.05, 4.69) is 45.6 Å². The van der Waals surface area contributed by atoms with Crippen molar-refractivity contribution in [2.24, 2.45) is 0 Å². The van der Waals surface area contributed by atoms with Gasteiger partial charge in [-0.15, -0.1) is 23.1 Å². The minimum absolute atomic E-state index is 1.12. The highest BCUT2D eigenvalue weighted by molar-refractivity contribution is 7.99. The number of thioether (sulfide) groups is 1. The van der Waals surface area contributed by atoms with Crippen LogP contribution in [0, 0.1) is 0 Å². The van der Waals surface area contributed by atoms with Gasteiger partial charge in [0.1, 0.15) is 0 Å². The molecule has 2 nitrogen and oxygen atoms in total. The van der Waals surface area contributed by atoms with Crippen LogP contribution < -0.4 is 0 Å². The molecule has 0 aliphatic carbocycles. The third kappa shape index (κ3) is 4.70. The van der Waals surface area contributed by atoms with Crippen LogP contribution in [-0.2, 0) is 0 Å². The van der Waals surface area contributed by atoms with Gasteiger partial charge in [0, 0.05) is 35.3 Å². The highest BCUT2D eigenvalue weighted by Gasteiger charge is 2.12. The Balaban J connectivity index is 1.32. The highest BCUT2D eigenvalue weighted by Crippen LogP contribution is 2.26. The summed E-state index contributed by atoms with van der Waals surface area (Å²) in [4.78, 5) is 9.41. The minimum Gasteiger partial charge on any atom is -0.299 e. The van der Waals surface area contributed by atoms with E-state index in [1.807, 2.05) is 35.5 Å². The van der Waals surface area contributed by atoms with Gasteiger partial charge in [0.2, 0.25) is 0 Å². The summed E-state index contributed by atoms with van der Waals surface area (Å²) in [6.45, 7) is 3.55. The van der Waals surface area contributed by atoms with Crippen molar-refractivity contribution in [3.05, 3.63) is 53.0 Å². The fraction of sp³-hybridized carbons (Fsp3) is 0.389. The molecule has 0 radical (unpaired) electrons. The third-order valence-electron chi connectivity index (χ3n) is 3.92. The van der Waals surface area contributed by atoms with E-state index in [-0.39, 0.29) is 0 Å². The predicted molar refractivity (Wildman–Crippen MR) is 97.5 cm³/mol. The van der Waals surface area contributed by atoms with Crippen molar-refractivity contribution in [3.63, 3.8) is 0 Å². The van der Waals surface area contributed by atoms with Gasteiger partial charge < -0.3 is 0 Å². The van der Waals surface area contributed by atoms with Crippen LogP contribution in [0.2, 0.25) is 0 Å². The van der Waals surface area contributed by atoms with Crippen molar-refractivity contribution >= 4 is 28.7 Å². The summed E-state index contributed by atoms with van der Waals surface area (Å²) in [5, 5.41) is 2.17. The first-order valence-electron chi connectivity index (χ1n) is 7.90. The van der Waals surface area contributed by atoms with E-state index in [4.69, 9.17) is 0 Å². The maximum atomic E-state index is 4.05. The molecule has 116 valence electrons. The van der Waals surface area contributed by atoms with E-state index in [9.17, 15) is 0 Å². The molecule has 4 heteroatoms. The number of pyridine rings is 1. The first-order valence-corrected chi connectivity index (χ1v) is 9.76. The summed E-state index contributed by atoms with van der Waals surface area (Å²) in [6, 6.07) is 8.56. The molecule has 0 N–H and O–H groups in total. The van der Waals surface area contributed by atoms with Crippen LogP contribution >= 0.6 is 23.1 Å². The molecule has 0 bridgehead atoms. The summed E-state index contributed by atoms with van der Waals surface area (Å²) >= 11 is 3.80. The molecular formula is C18H22N2S2. The lowest BCUT2D eigenvalue weighted by Gasteiger charge is -2.25. The molecule has 2 aromatic heterocycles. The van der Waals surface area contributed by atoms with Crippen molar-refractivity contribution in [3.8, 4) is 0 Å². The first-order chi connectivity index (χ1) is 10.9. The molecule has 0 atom stereocenters. The lowest BCUT2D eigenvalue weighted by atomic mass is 10.1. The second-order valence-corrected chi connectivity index (χ2v) is 7.61. The largest absolute Gasteiger partial charge is 0.299 e. The van der Waals surface area contributed by atoms with E-state index < -0.39 is 0 Å². The molecule has 1 aliphatic rings. The molecule has 22 heavy (non-hydrogen) atoms. The molecule has 0 amide bonds. The Morgan fingerprint density at radius 2 is 2.09 bits per heavy atom. The van der Waals surface area contributed by atoms with E-state index in [1.165, 1.54) is 47.9 Å². The first kappa shape index (κ1) is 15.8. The molecule has 3 heterocycles. The zero-order chi connectivity index (χ0) is 15.0. The minimum atomic E-state index is 1.12.